The number of nitrogens with two attached hydrogens (primary N) is 1. The Morgan fingerprint density at radius 1 is 1.12 bits per heavy atom. The number of hydrogen-bond acceptors (Lipinski definition) is 3. The van der Waals surface area contributed by atoms with Gasteiger partial charge in [0.25, 0.3) is 5.91 Å². The number of fused-ring (bicyclic) bond motifs is 1. The smallest absolute Gasteiger partial charge is 0.259 e. The van der Waals surface area contributed by atoms with Crippen LogP contribution in [0.3, 0.4) is 0 Å². The first kappa shape index (κ1) is 16.1. The number of primary amides is 1. The number of amides is 2. The van der Waals surface area contributed by atoms with E-state index in [9.17, 15) is 9.59 Å². The van der Waals surface area contributed by atoms with Gasteiger partial charge in [-0.3, -0.25) is 14.5 Å². The lowest BCUT2D eigenvalue weighted by Crippen LogP contribution is -2.46. The zero-order valence-corrected chi connectivity index (χ0v) is 13.7. The number of carbonyl (C=O) groups excluding carboxylic acids is 2. The molecule has 1 aliphatic heterocycles. The van der Waals surface area contributed by atoms with Crippen LogP contribution in [-0.4, -0.2) is 24.0 Å². The summed E-state index contributed by atoms with van der Waals surface area (Å²) in [5, 5.41) is 0. The fourth-order valence-electron chi connectivity index (χ4n) is 2.95. The van der Waals surface area contributed by atoms with Crippen molar-refractivity contribution in [1.82, 2.24) is 0 Å². The molecular formula is C19H20N2O3. The average Bonchev–Trinajstić information content (AvgIpc) is 2.94. The summed E-state index contributed by atoms with van der Waals surface area (Å²) >= 11 is 0. The molecule has 0 saturated heterocycles. The van der Waals surface area contributed by atoms with Gasteiger partial charge in [0.15, 0.2) is 0 Å². The van der Waals surface area contributed by atoms with Gasteiger partial charge >= 0.3 is 0 Å². The van der Waals surface area contributed by atoms with Crippen LogP contribution in [0.25, 0.3) is 0 Å². The van der Waals surface area contributed by atoms with Crippen LogP contribution >= 0.6 is 0 Å². The molecular weight excluding hydrogens is 304 g/mol. The molecule has 0 unspecified atom stereocenters. The third-order valence-electron chi connectivity index (χ3n) is 4.00. The van der Waals surface area contributed by atoms with Crippen LogP contribution < -0.4 is 15.4 Å². The quantitative estimate of drug-likeness (QED) is 0.939. The second kappa shape index (κ2) is 6.35. The van der Waals surface area contributed by atoms with Gasteiger partial charge in [0, 0.05) is 17.7 Å². The highest BCUT2D eigenvalue weighted by atomic mass is 16.5. The van der Waals surface area contributed by atoms with Gasteiger partial charge in [-0.25, -0.2) is 0 Å². The lowest BCUT2D eigenvalue weighted by atomic mass is 10.1. The molecule has 0 aliphatic carbocycles. The highest BCUT2D eigenvalue weighted by Crippen LogP contribution is 2.33. The summed E-state index contributed by atoms with van der Waals surface area (Å²) in [5.74, 6) is -0.0334. The zero-order chi connectivity index (χ0) is 17.3. The minimum atomic E-state index is -0.651. The average molecular weight is 324 g/mol. The van der Waals surface area contributed by atoms with Crippen molar-refractivity contribution in [2.75, 3.05) is 4.90 Å². The van der Waals surface area contributed by atoms with Crippen molar-refractivity contribution in [2.45, 2.75) is 32.4 Å². The van der Waals surface area contributed by atoms with Gasteiger partial charge in [0.2, 0.25) is 5.91 Å². The Balaban J connectivity index is 1.91. The van der Waals surface area contributed by atoms with Gasteiger partial charge in [0.05, 0.1) is 6.10 Å². The summed E-state index contributed by atoms with van der Waals surface area (Å²) in [6.45, 7) is 3.88. The first-order valence-electron chi connectivity index (χ1n) is 7.95. The van der Waals surface area contributed by atoms with Gasteiger partial charge in [0.1, 0.15) is 11.8 Å². The molecule has 0 aromatic heterocycles. The Morgan fingerprint density at radius 2 is 1.79 bits per heavy atom. The summed E-state index contributed by atoms with van der Waals surface area (Å²) in [4.78, 5) is 26.2. The number of carbonyl (C=O) groups is 2. The SMILES string of the molecule is CC(C)Oc1ccc(C(=O)N2c3ccccc3C[C@@H]2C(N)=O)cc1. The molecule has 1 heterocycles. The third-order valence-corrected chi connectivity index (χ3v) is 4.00. The molecule has 2 aromatic carbocycles. The van der Waals surface area contributed by atoms with E-state index in [1.54, 1.807) is 24.3 Å². The molecule has 2 amide bonds. The van der Waals surface area contributed by atoms with E-state index in [0.717, 1.165) is 11.3 Å². The number of nitrogens with zero attached hydrogens (tertiary/aromatic N) is 1. The van der Waals surface area contributed by atoms with E-state index >= 15 is 0 Å². The molecule has 5 heteroatoms. The van der Waals surface area contributed by atoms with Gasteiger partial charge in [-0.2, -0.15) is 0 Å². The molecule has 0 bridgehead atoms. The minimum absolute atomic E-state index is 0.0660. The Bertz CT molecular complexity index is 768. The van der Waals surface area contributed by atoms with Crippen LogP contribution in [0.4, 0.5) is 5.69 Å². The minimum Gasteiger partial charge on any atom is -0.491 e. The van der Waals surface area contributed by atoms with Gasteiger partial charge < -0.3 is 10.5 Å². The molecule has 124 valence electrons. The van der Waals surface area contributed by atoms with Crippen LogP contribution in [-0.2, 0) is 11.2 Å². The van der Waals surface area contributed by atoms with Crippen molar-refractivity contribution in [2.24, 2.45) is 5.73 Å². The molecule has 0 radical (unpaired) electrons. The van der Waals surface area contributed by atoms with Gasteiger partial charge in [-0.1, -0.05) is 18.2 Å². The van der Waals surface area contributed by atoms with E-state index in [2.05, 4.69) is 0 Å². The normalized spacial score (nSPS) is 16.1. The van der Waals surface area contributed by atoms with Crippen LogP contribution in [0.15, 0.2) is 48.5 Å². The Hall–Kier alpha value is -2.82. The van der Waals surface area contributed by atoms with Gasteiger partial charge in [-0.05, 0) is 49.7 Å². The molecule has 24 heavy (non-hydrogen) atoms. The number of hydrogen-bond donors (Lipinski definition) is 1. The van der Waals surface area contributed by atoms with E-state index in [1.165, 1.54) is 4.90 Å². The van der Waals surface area contributed by atoms with Crippen molar-refractivity contribution >= 4 is 17.5 Å². The van der Waals surface area contributed by atoms with E-state index in [0.29, 0.717) is 17.7 Å². The number of ether oxygens (including phenoxy) is 1. The van der Waals surface area contributed by atoms with Crippen LogP contribution in [0.1, 0.15) is 29.8 Å². The third kappa shape index (κ3) is 2.97. The summed E-state index contributed by atoms with van der Waals surface area (Å²) in [6.07, 6.45) is 0.516. The molecule has 1 atom stereocenters. The molecule has 3 rings (SSSR count). The molecule has 0 saturated carbocycles. The summed E-state index contributed by atoms with van der Waals surface area (Å²) in [7, 11) is 0. The molecule has 0 fully saturated rings. The predicted octanol–water partition coefficient (Wildman–Crippen LogP) is 2.53. The number of para-hydroxylation sites is 1. The molecule has 0 spiro atoms. The molecule has 1 aliphatic rings. The number of rotatable bonds is 4. The predicted molar refractivity (Wildman–Crippen MR) is 92.1 cm³/mol. The maximum Gasteiger partial charge on any atom is 0.259 e. The second-order valence-electron chi connectivity index (χ2n) is 6.12. The van der Waals surface area contributed by atoms with Crippen molar-refractivity contribution in [3.8, 4) is 5.75 Å². The van der Waals surface area contributed by atoms with Crippen LogP contribution in [0.5, 0.6) is 5.75 Å². The first-order chi connectivity index (χ1) is 11.5. The fourth-order valence-corrected chi connectivity index (χ4v) is 2.95. The van der Waals surface area contributed by atoms with E-state index in [-0.39, 0.29) is 12.0 Å². The molecule has 2 aromatic rings. The van der Waals surface area contributed by atoms with E-state index < -0.39 is 11.9 Å². The maximum absolute atomic E-state index is 12.9. The lowest BCUT2D eigenvalue weighted by molar-refractivity contribution is -0.119. The Labute approximate surface area is 141 Å². The first-order valence-corrected chi connectivity index (χ1v) is 7.95. The van der Waals surface area contributed by atoms with Gasteiger partial charge in [-0.15, -0.1) is 0 Å². The van der Waals surface area contributed by atoms with E-state index in [1.807, 2.05) is 38.1 Å². The summed E-state index contributed by atoms with van der Waals surface area (Å²) in [5.41, 5.74) is 7.70. The van der Waals surface area contributed by atoms with Crippen molar-refractivity contribution in [3.05, 3.63) is 59.7 Å². The van der Waals surface area contributed by atoms with Crippen LogP contribution in [0.2, 0.25) is 0 Å². The molecule has 2 N–H and O–H groups in total. The molecule has 5 nitrogen and oxygen atoms in total. The number of benzene rings is 2. The lowest BCUT2D eigenvalue weighted by Gasteiger charge is -2.23. The fraction of sp³-hybridized carbons (Fsp3) is 0.263. The summed E-state index contributed by atoms with van der Waals surface area (Å²) < 4.78 is 5.59. The zero-order valence-electron chi connectivity index (χ0n) is 13.7. The maximum atomic E-state index is 12.9. The monoisotopic (exact) mass is 324 g/mol. The Kier molecular flexibility index (Phi) is 4.25. The largest absolute Gasteiger partial charge is 0.491 e. The summed E-state index contributed by atoms with van der Waals surface area (Å²) in [6, 6.07) is 13.8. The van der Waals surface area contributed by atoms with Crippen molar-refractivity contribution in [1.29, 1.82) is 0 Å². The van der Waals surface area contributed by atoms with E-state index in [4.69, 9.17) is 10.5 Å². The highest BCUT2D eigenvalue weighted by Gasteiger charge is 2.37. The highest BCUT2D eigenvalue weighted by molar-refractivity contribution is 6.11. The standard InChI is InChI=1S/C19H20N2O3/c1-12(2)24-15-9-7-13(8-10-15)19(23)21-16-6-4-3-5-14(16)11-17(21)18(20)22/h3-10,12,17H,11H2,1-2H3,(H2,20,22)/t17-/m1/s1. The van der Waals surface area contributed by atoms with Crippen molar-refractivity contribution in [3.63, 3.8) is 0 Å². The number of anilines is 1. The Morgan fingerprint density at radius 3 is 2.42 bits per heavy atom. The van der Waals surface area contributed by atoms with Crippen molar-refractivity contribution < 1.29 is 14.3 Å². The van der Waals surface area contributed by atoms with Crippen LogP contribution in [0, 0.1) is 0 Å². The topological polar surface area (TPSA) is 72.6 Å². The second-order valence-corrected chi connectivity index (χ2v) is 6.12.